The summed E-state index contributed by atoms with van der Waals surface area (Å²) in [5.74, 6) is -0.944. The van der Waals surface area contributed by atoms with Crippen molar-refractivity contribution < 1.29 is 31.6 Å². The molecular weight excluding hydrogens is 773 g/mol. The fourth-order valence-electron chi connectivity index (χ4n) is 8.34. The van der Waals surface area contributed by atoms with E-state index in [4.69, 9.17) is 19.7 Å². The van der Waals surface area contributed by atoms with Gasteiger partial charge in [0, 0.05) is 41.4 Å². The van der Waals surface area contributed by atoms with Crippen LogP contribution in [-0.4, -0.2) is 57.2 Å². The van der Waals surface area contributed by atoms with Crippen LogP contribution in [0.3, 0.4) is 0 Å². The molecule has 0 spiro atoms. The maximum atomic E-state index is 15.8. The summed E-state index contributed by atoms with van der Waals surface area (Å²) in [5, 5.41) is 6.93. The summed E-state index contributed by atoms with van der Waals surface area (Å²) in [6, 6.07) is 24.8. The molecule has 2 aromatic heterocycles. The normalized spacial score (nSPS) is 20.3. The van der Waals surface area contributed by atoms with Crippen LogP contribution in [0.25, 0.3) is 28.4 Å². The highest BCUT2D eigenvalue weighted by molar-refractivity contribution is 7.91. The van der Waals surface area contributed by atoms with Gasteiger partial charge in [-0.15, -0.1) is 0 Å². The lowest BCUT2D eigenvalue weighted by Gasteiger charge is -2.30. The molecular formula is C46H47F2N5O5S. The van der Waals surface area contributed by atoms with Crippen LogP contribution in [0.5, 0.6) is 11.5 Å². The molecule has 10 nitrogen and oxygen atoms in total. The van der Waals surface area contributed by atoms with Crippen molar-refractivity contribution in [3.05, 3.63) is 136 Å². The Morgan fingerprint density at radius 2 is 1.76 bits per heavy atom. The third kappa shape index (κ3) is 8.44. The number of fused-ring (bicyclic) bond motifs is 8. The van der Waals surface area contributed by atoms with E-state index in [2.05, 4.69) is 4.98 Å². The summed E-state index contributed by atoms with van der Waals surface area (Å²) >= 11 is 0. The van der Waals surface area contributed by atoms with Gasteiger partial charge in [-0.25, -0.2) is 31.9 Å². The minimum absolute atomic E-state index is 0.0233. The highest BCUT2D eigenvalue weighted by Crippen LogP contribution is 2.41. The van der Waals surface area contributed by atoms with Gasteiger partial charge in [0.2, 0.25) is 0 Å². The quantitative estimate of drug-likeness (QED) is 0.172. The van der Waals surface area contributed by atoms with E-state index < -0.39 is 32.3 Å². The molecule has 6 aromatic rings. The first-order chi connectivity index (χ1) is 28.2. The van der Waals surface area contributed by atoms with Crippen LogP contribution >= 0.6 is 0 Å². The molecule has 2 aliphatic rings. The lowest BCUT2D eigenvalue weighted by Crippen LogP contribution is -2.29. The zero-order valence-corrected chi connectivity index (χ0v) is 34.4. The van der Waals surface area contributed by atoms with E-state index in [-0.39, 0.29) is 46.7 Å². The number of hydroxylamine groups is 2. The van der Waals surface area contributed by atoms with E-state index in [9.17, 15) is 13.2 Å². The van der Waals surface area contributed by atoms with Gasteiger partial charge in [0.25, 0.3) is 5.91 Å². The van der Waals surface area contributed by atoms with Gasteiger partial charge < -0.3 is 9.72 Å². The average molecular weight is 820 g/mol. The Labute approximate surface area is 342 Å². The minimum Gasteiger partial charge on any atom is -0.454 e. The second-order valence-corrected chi connectivity index (χ2v) is 18.8. The standard InChI is InChI=1S/C46H47F2N5O5S/c1-45(2)19-9-20-46(3,33-13-8-12-31(25-33)24-32-17-22-53(43(32)54)57-28-30-10-6-5-7-11-30)44-50-42(52(4)51-44)37-26-34(14-15-38(37)47)58-41-36(18-23-59(55,56)29-45)35-16-21-49-40(35)27-39(41)48/h5-8,10-16,21,24-27,49H,9,17-20,22-23,28-29H2,1-4H3/b32-24-. The summed E-state index contributed by atoms with van der Waals surface area (Å²) in [6.07, 6.45) is 5.85. The van der Waals surface area contributed by atoms with Crippen LogP contribution in [0.4, 0.5) is 8.78 Å². The topological polar surface area (TPSA) is 119 Å². The number of amides is 1. The van der Waals surface area contributed by atoms with E-state index in [0.717, 1.165) is 16.7 Å². The molecule has 4 aromatic carbocycles. The summed E-state index contributed by atoms with van der Waals surface area (Å²) in [6.45, 7) is 6.68. The predicted molar refractivity (Wildman–Crippen MR) is 223 cm³/mol. The number of aromatic amines is 1. The maximum absolute atomic E-state index is 15.8. The number of hydrogen-bond acceptors (Lipinski definition) is 7. The summed E-state index contributed by atoms with van der Waals surface area (Å²) < 4.78 is 66.9. The molecule has 1 unspecified atom stereocenters. The largest absolute Gasteiger partial charge is 0.454 e. The van der Waals surface area contributed by atoms with E-state index in [1.165, 1.54) is 34.0 Å². The minimum atomic E-state index is -3.61. The Balaban J connectivity index is 1.17. The van der Waals surface area contributed by atoms with Crippen molar-refractivity contribution >= 4 is 32.7 Å². The predicted octanol–water partition coefficient (Wildman–Crippen LogP) is 9.25. The maximum Gasteiger partial charge on any atom is 0.273 e. The first kappa shape index (κ1) is 40.1. The van der Waals surface area contributed by atoms with Gasteiger partial charge in [-0.3, -0.25) is 9.63 Å². The van der Waals surface area contributed by atoms with Crippen LogP contribution in [-0.2, 0) is 45.0 Å². The van der Waals surface area contributed by atoms with Crippen molar-refractivity contribution in [1.82, 2.24) is 24.8 Å². The second kappa shape index (κ2) is 15.8. The first-order valence-electron chi connectivity index (χ1n) is 19.9. The van der Waals surface area contributed by atoms with Gasteiger partial charge in [-0.05, 0) is 85.1 Å². The number of nitrogens with zero attached hydrogens (tertiary/aromatic N) is 4. The van der Waals surface area contributed by atoms with Crippen LogP contribution < -0.4 is 4.74 Å². The number of aryl methyl sites for hydroxylation is 2. The van der Waals surface area contributed by atoms with Gasteiger partial charge in [0.15, 0.2) is 33.1 Å². The van der Waals surface area contributed by atoms with E-state index in [1.54, 1.807) is 19.3 Å². The number of rotatable bonds is 5. The highest BCUT2D eigenvalue weighted by atomic mass is 32.2. The number of benzene rings is 4. The van der Waals surface area contributed by atoms with Crippen LogP contribution in [0.2, 0.25) is 0 Å². The number of halogens is 2. The summed E-state index contributed by atoms with van der Waals surface area (Å²) in [7, 11) is -1.91. The van der Waals surface area contributed by atoms with Gasteiger partial charge in [-0.1, -0.05) is 74.9 Å². The molecule has 0 aliphatic carbocycles. The van der Waals surface area contributed by atoms with E-state index >= 15 is 8.78 Å². The molecule has 4 heterocycles. The molecule has 1 saturated heterocycles. The molecule has 1 amide bonds. The zero-order chi connectivity index (χ0) is 41.5. The molecule has 8 rings (SSSR count). The van der Waals surface area contributed by atoms with Gasteiger partial charge >= 0.3 is 0 Å². The summed E-state index contributed by atoms with van der Waals surface area (Å²) in [4.78, 5) is 27.2. The number of carbonyl (C=O) groups is 1. The average Bonchev–Trinajstić information content (AvgIpc) is 3.92. The van der Waals surface area contributed by atoms with Crippen LogP contribution in [0.15, 0.2) is 96.7 Å². The number of ether oxygens (including phenoxy) is 1. The van der Waals surface area contributed by atoms with E-state index in [0.29, 0.717) is 66.7 Å². The van der Waals surface area contributed by atoms with Gasteiger partial charge in [-0.2, -0.15) is 5.10 Å². The molecule has 0 radical (unpaired) electrons. The molecule has 13 heteroatoms. The van der Waals surface area contributed by atoms with Crippen LogP contribution in [0.1, 0.15) is 74.5 Å². The second-order valence-electron chi connectivity index (χ2n) is 16.6. The first-order valence-corrected chi connectivity index (χ1v) is 21.7. The smallest absolute Gasteiger partial charge is 0.273 e. The Hall–Kier alpha value is -5.66. The zero-order valence-electron chi connectivity index (χ0n) is 33.6. The number of carbonyl (C=O) groups excluding carboxylic acids is 1. The molecule has 0 saturated carbocycles. The van der Waals surface area contributed by atoms with Gasteiger partial charge in [0.05, 0.1) is 29.0 Å². The molecule has 1 fully saturated rings. The van der Waals surface area contributed by atoms with Crippen molar-refractivity contribution in [2.75, 3.05) is 18.1 Å². The fourth-order valence-corrected chi connectivity index (χ4v) is 10.3. The number of H-pyrrole nitrogens is 1. The molecule has 59 heavy (non-hydrogen) atoms. The van der Waals surface area contributed by atoms with E-state index in [1.807, 2.05) is 81.4 Å². The van der Waals surface area contributed by atoms with Crippen molar-refractivity contribution in [3.8, 4) is 22.9 Å². The monoisotopic (exact) mass is 819 g/mol. The van der Waals surface area contributed by atoms with Crippen LogP contribution in [0, 0.1) is 17.0 Å². The molecule has 1 atom stereocenters. The van der Waals surface area contributed by atoms with Crippen molar-refractivity contribution in [2.45, 2.75) is 64.9 Å². The molecule has 306 valence electrons. The Morgan fingerprint density at radius 1 is 0.949 bits per heavy atom. The molecule has 1 N–H and O–H groups in total. The summed E-state index contributed by atoms with van der Waals surface area (Å²) in [5.41, 5.74) is 2.93. The molecule has 2 aliphatic heterocycles. The lowest BCUT2D eigenvalue weighted by atomic mass is 9.75. The number of nitrogens with one attached hydrogen (secondary N) is 1. The Kier molecular flexibility index (Phi) is 10.8. The third-order valence-electron chi connectivity index (χ3n) is 11.5. The number of hydrogen-bond donors (Lipinski definition) is 1. The lowest BCUT2D eigenvalue weighted by molar-refractivity contribution is -0.180. The van der Waals surface area contributed by atoms with Crippen molar-refractivity contribution in [1.29, 1.82) is 0 Å². The van der Waals surface area contributed by atoms with Gasteiger partial charge in [0.1, 0.15) is 18.2 Å². The highest BCUT2D eigenvalue weighted by Gasteiger charge is 2.36. The third-order valence-corrected chi connectivity index (χ3v) is 13.6. The Morgan fingerprint density at radius 3 is 2.58 bits per heavy atom. The van der Waals surface area contributed by atoms with Crippen molar-refractivity contribution in [3.63, 3.8) is 0 Å². The SMILES string of the molecule is Cn1nc2nc1-c1cc(ccc1F)Oc1c(F)cc3[nH]ccc3c1CCS(=O)(=O)CC(C)(C)CCCC2(C)c1cccc(/C=C2/CCN(OCc3ccccc3)C2=O)c1. The fraction of sp³-hybridized carbons (Fsp3) is 0.326. The number of aromatic nitrogens is 4. The Bertz CT molecular complexity index is 2690. The molecule has 4 bridgehead atoms. The van der Waals surface area contributed by atoms with Crippen molar-refractivity contribution in [2.24, 2.45) is 12.5 Å². The number of sulfone groups is 1.